The minimum absolute atomic E-state index is 0.0664. The van der Waals surface area contributed by atoms with Crippen LogP contribution in [-0.2, 0) is 4.74 Å². The molecule has 0 radical (unpaired) electrons. The largest absolute Gasteiger partial charge is 0.491 e. The van der Waals surface area contributed by atoms with E-state index < -0.39 is 28.6 Å². The molecule has 204 valence electrons. The van der Waals surface area contributed by atoms with Gasteiger partial charge in [0.05, 0.1) is 24.6 Å². The highest BCUT2D eigenvalue weighted by Crippen LogP contribution is 2.40. The number of anilines is 1. The third-order valence-corrected chi connectivity index (χ3v) is 6.14. The average molecular weight is 541 g/mol. The van der Waals surface area contributed by atoms with Crippen LogP contribution in [0.15, 0.2) is 53.8 Å². The lowest BCUT2D eigenvalue weighted by molar-refractivity contribution is 0.0706. The first-order valence-electron chi connectivity index (χ1n) is 12.3. The molecule has 11 heteroatoms. The van der Waals surface area contributed by atoms with Crippen LogP contribution in [0.3, 0.4) is 0 Å². The van der Waals surface area contributed by atoms with Gasteiger partial charge in [0, 0.05) is 52.8 Å². The number of nitrogens with one attached hydrogen (secondary N) is 2. The van der Waals surface area contributed by atoms with E-state index in [2.05, 4.69) is 20.3 Å². The maximum Gasteiger partial charge on any atom is 0.289 e. The van der Waals surface area contributed by atoms with Crippen molar-refractivity contribution in [1.82, 2.24) is 9.97 Å². The molecule has 0 spiro atoms. The van der Waals surface area contributed by atoms with E-state index in [1.54, 1.807) is 18.3 Å². The van der Waals surface area contributed by atoms with Gasteiger partial charge in [0.2, 0.25) is 0 Å². The molecule has 4 aromatic rings. The van der Waals surface area contributed by atoms with E-state index in [0.29, 0.717) is 28.9 Å². The van der Waals surface area contributed by atoms with Crippen molar-refractivity contribution in [2.45, 2.75) is 26.9 Å². The fraction of sp³-hybridized carbons (Fsp3) is 0.286. The minimum atomic E-state index is -0.975. The van der Waals surface area contributed by atoms with Gasteiger partial charge in [-0.05, 0) is 32.0 Å². The number of aromatic amines is 1. The number of nitrogens with zero attached hydrogens (tertiary/aromatic N) is 2. The van der Waals surface area contributed by atoms with Gasteiger partial charge in [-0.15, -0.1) is 0 Å². The van der Waals surface area contributed by atoms with Crippen molar-refractivity contribution in [3.8, 4) is 28.4 Å². The molecule has 0 bridgehead atoms. The molecular formula is C28H27F3N4O4. The van der Waals surface area contributed by atoms with Crippen LogP contribution < -0.4 is 14.8 Å². The van der Waals surface area contributed by atoms with Crippen molar-refractivity contribution in [2.75, 3.05) is 25.1 Å². The number of H-pyrrole nitrogens is 1. The van der Waals surface area contributed by atoms with Gasteiger partial charge in [0.1, 0.15) is 29.6 Å². The third kappa shape index (κ3) is 5.49. The van der Waals surface area contributed by atoms with Crippen molar-refractivity contribution in [1.29, 1.82) is 0 Å². The molecule has 3 N–H and O–H groups in total. The van der Waals surface area contributed by atoms with Crippen LogP contribution in [0.25, 0.3) is 22.2 Å². The summed E-state index contributed by atoms with van der Waals surface area (Å²) in [5, 5.41) is 12.5. The van der Waals surface area contributed by atoms with Gasteiger partial charge in [-0.1, -0.05) is 6.92 Å². The van der Waals surface area contributed by atoms with Crippen molar-refractivity contribution < 1.29 is 32.5 Å². The number of aliphatic imine (C=N–C) groups is 1. The topological polar surface area (TPSA) is 101 Å². The predicted octanol–water partition coefficient (Wildman–Crippen LogP) is 6.02. The molecule has 0 aliphatic carbocycles. The second kappa shape index (κ2) is 10.5. The molecule has 0 saturated carbocycles. The average Bonchev–Trinajstić information content (AvgIpc) is 3.32. The lowest BCUT2D eigenvalue weighted by Crippen LogP contribution is -2.38. The van der Waals surface area contributed by atoms with Gasteiger partial charge < -0.3 is 29.6 Å². The monoisotopic (exact) mass is 540 g/mol. The first-order chi connectivity index (χ1) is 18.7. The molecule has 0 fully saturated rings. The van der Waals surface area contributed by atoms with Gasteiger partial charge in [0.25, 0.3) is 6.02 Å². The Morgan fingerprint density at radius 2 is 1.87 bits per heavy atom. The van der Waals surface area contributed by atoms with Crippen LogP contribution in [0.1, 0.15) is 20.8 Å². The second-order valence-corrected chi connectivity index (χ2v) is 9.92. The summed E-state index contributed by atoms with van der Waals surface area (Å²) < 4.78 is 62.0. The number of aromatic nitrogens is 2. The lowest BCUT2D eigenvalue weighted by Gasteiger charge is -2.30. The van der Waals surface area contributed by atoms with E-state index in [1.807, 2.05) is 20.8 Å². The molecule has 1 atom stereocenters. The molecule has 2 aromatic heterocycles. The summed E-state index contributed by atoms with van der Waals surface area (Å²) in [4.78, 5) is 11.4. The fourth-order valence-electron chi connectivity index (χ4n) is 4.11. The molecule has 2 aromatic carbocycles. The number of amidine groups is 1. The summed E-state index contributed by atoms with van der Waals surface area (Å²) >= 11 is 0. The number of hydrogen-bond donors (Lipinski definition) is 3. The summed E-state index contributed by atoms with van der Waals surface area (Å²) in [6.07, 6.45) is 2.85. The molecule has 5 rings (SSSR count). The Kier molecular flexibility index (Phi) is 7.09. The molecular weight excluding hydrogens is 513 g/mol. The van der Waals surface area contributed by atoms with Crippen LogP contribution >= 0.6 is 0 Å². The summed E-state index contributed by atoms with van der Waals surface area (Å²) in [7, 11) is 0. The normalized spacial score (nSPS) is 17.2. The number of aliphatic hydroxyl groups is 1. The zero-order valence-corrected chi connectivity index (χ0v) is 21.5. The van der Waals surface area contributed by atoms with Crippen molar-refractivity contribution in [3.63, 3.8) is 0 Å². The fourth-order valence-corrected chi connectivity index (χ4v) is 4.11. The molecule has 1 unspecified atom stereocenters. The highest BCUT2D eigenvalue weighted by Gasteiger charge is 2.29. The first kappa shape index (κ1) is 26.4. The smallest absolute Gasteiger partial charge is 0.289 e. The Bertz CT molecular complexity index is 1530. The standard InChI is InChI=1S/C28H27F3N4O4/c1-15(2)38-17-4-5-18(20(29)10-17)19-11-33-26-24(19)23(6-7-32-26)39-25-21(30)8-16(9-22(25)31)35-27-34-12-28(3,13-36)14-37-27/h4-11,15,36H,12-14H2,1-3H3,(H,32,33)(H,34,35). The van der Waals surface area contributed by atoms with Gasteiger partial charge in [-0.25, -0.2) is 23.1 Å². The number of rotatable bonds is 7. The van der Waals surface area contributed by atoms with E-state index >= 15 is 13.2 Å². The quantitative estimate of drug-likeness (QED) is 0.265. The number of pyridine rings is 1. The van der Waals surface area contributed by atoms with E-state index in [-0.39, 0.29) is 42.3 Å². The highest BCUT2D eigenvalue weighted by molar-refractivity contribution is 5.98. The summed E-state index contributed by atoms with van der Waals surface area (Å²) in [6, 6.07) is 8.12. The van der Waals surface area contributed by atoms with E-state index in [1.165, 1.54) is 18.3 Å². The lowest BCUT2D eigenvalue weighted by atomic mass is 9.93. The first-order valence-corrected chi connectivity index (χ1v) is 12.3. The zero-order valence-electron chi connectivity index (χ0n) is 21.5. The number of halogens is 3. The van der Waals surface area contributed by atoms with E-state index in [0.717, 1.165) is 12.1 Å². The van der Waals surface area contributed by atoms with Gasteiger partial charge >= 0.3 is 0 Å². The van der Waals surface area contributed by atoms with Crippen LogP contribution in [-0.4, -0.2) is 47.0 Å². The van der Waals surface area contributed by atoms with Crippen molar-refractivity contribution in [2.24, 2.45) is 10.4 Å². The predicted molar refractivity (Wildman–Crippen MR) is 141 cm³/mol. The van der Waals surface area contributed by atoms with Crippen molar-refractivity contribution in [3.05, 3.63) is 66.2 Å². The summed E-state index contributed by atoms with van der Waals surface area (Å²) in [6.45, 7) is 5.89. The number of ether oxygens (including phenoxy) is 3. The maximum absolute atomic E-state index is 15.1. The Morgan fingerprint density at radius 3 is 2.51 bits per heavy atom. The Hall–Kier alpha value is -4.25. The maximum atomic E-state index is 15.1. The van der Waals surface area contributed by atoms with Crippen LogP contribution in [0, 0.1) is 22.9 Å². The zero-order chi connectivity index (χ0) is 27.7. The summed E-state index contributed by atoms with van der Waals surface area (Å²) in [5.41, 5.74) is 0.547. The molecule has 1 aliphatic rings. The second-order valence-electron chi connectivity index (χ2n) is 9.92. The van der Waals surface area contributed by atoms with Crippen LogP contribution in [0.5, 0.6) is 17.2 Å². The Labute approximate surface area is 222 Å². The number of aliphatic hydroxyl groups excluding tert-OH is 1. The molecule has 3 heterocycles. The molecule has 1 aliphatic heterocycles. The third-order valence-electron chi connectivity index (χ3n) is 6.14. The summed E-state index contributed by atoms with van der Waals surface area (Å²) in [5.74, 6) is -2.66. The number of benzene rings is 2. The molecule has 0 saturated heterocycles. The van der Waals surface area contributed by atoms with Crippen LogP contribution in [0.4, 0.5) is 18.9 Å². The van der Waals surface area contributed by atoms with Gasteiger partial charge in [-0.3, -0.25) is 0 Å². The van der Waals surface area contributed by atoms with E-state index in [9.17, 15) is 5.11 Å². The molecule has 39 heavy (non-hydrogen) atoms. The molecule has 8 nitrogen and oxygen atoms in total. The van der Waals surface area contributed by atoms with E-state index in [4.69, 9.17) is 14.2 Å². The van der Waals surface area contributed by atoms with Gasteiger partial charge in [-0.2, -0.15) is 0 Å². The van der Waals surface area contributed by atoms with Gasteiger partial charge in [0.15, 0.2) is 17.4 Å². The van der Waals surface area contributed by atoms with Crippen LogP contribution in [0.2, 0.25) is 0 Å². The Morgan fingerprint density at radius 1 is 1.10 bits per heavy atom. The Balaban J connectivity index is 1.44. The number of fused-ring (bicyclic) bond motifs is 1. The highest BCUT2D eigenvalue weighted by atomic mass is 19.1. The number of hydrogen-bond acceptors (Lipinski definition) is 7. The van der Waals surface area contributed by atoms with Crippen molar-refractivity contribution >= 4 is 22.7 Å². The SMILES string of the molecule is CC(C)Oc1ccc(-c2c[nH]c3nccc(Oc4c(F)cc(NC5=NCC(C)(CO)CO5)cc4F)c23)c(F)c1. The minimum Gasteiger partial charge on any atom is -0.491 e. The molecule has 0 amide bonds.